The Bertz CT molecular complexity index is 766. The van der Waals surface area contributed by atoms with Crippen LogP contribution in [0.4, 0.5) is 4.39 Å². The topological polar surface area (TPSA) is 38.7 Å². The quantitative estimate of drug-likeness (QED) is 0.443. The molecule has 0 bridgehead atoms. The summed E-state index contributed by atoms with van der Waals surface area (Å²) in [6.45, 7) is 0. The van der Waals surface area contributed by atoms with E-state index in [4.69, 9.17) is 4.74 Å². The third-order valence-electron chi connectivity index (χ3n) is 2.87. The molecule has 0 unspecified atom stereocenters. The third-order valence-corrected chi connectivity index (χ3v) is 3.54. The number of aliphatic imine (C=N–C) groups is 1. The van der Waals surface area contributed by atoms with E-state index < -0.39 is 5.97 Å². The number of esters is 1. The highest BCUT2D eigenvalue weighted by Crippen LogP contribution is 2.20. The lowest BCUT2D eigenvalue weighted by Crippen LogP contribution is -2.05. The summed E-state index contributed by atoms with van der Waals surface area (Å²) < 4.78 is 19.1. The standard InChI is InChI=1S/C16H9FINO2/c17-12-6-4-10(5-7-12)8-14-16(20)21-15(19-14)11-2-1-3-13(18)9-11/h1-9H. The van der Waals surface area contributed by atoms with Gasteiger partial charge in [-0.05, 0) is 64.6 Å². The van der Waals surface area contributed by atoms with Crippen LogP contribution in [0.1, 0.15) is 11.1 Å². The van der Waals surface area contributed by atoms with Crippen LogP contribution in [0.5, 0.6) is 0 Å². The van der Waals surface area contributed by atoms with Crippen molar-refractivity contribution in [1.29, 1.82) is 0 Å². The molecule has 1 heterocycles. The fourth-order valence-corrected chi connectivity index (χ4v) is 2.41. The molecule has 0 N–H and O–H groups in total. The first kappa shape index (κ1) is 13.9. The van der Waals surface area contributed by atoms with Crippen molar-refractivity contribution in [2.45, 2.75) is 0 Å². The predicted octanol–water partition coefficient (Wildman–Crippen LogP) is 3.77. The second kappa shape index (κ2) is 5.77. The van der Waals surface area contributed by atoms with E-state index in [1.165, 1.54) is 12.1 Å². The highest BCUT2D eigenvalue weighted by Gasteiger charge is 2.24. The zero-order chi connectivity index (χ0) is 14.8. The lowest BCUT2D eigenvalue weighted by atomic mass is 10.2. The average Bonchev–Trinajstić information content (AvgIpc) is 2.83. The number of hydrogen-bond donors (Lipinski definition) is 0. The SMILES string of the molecule is O=C1OC(c2cccc(I)c2)=NC1=Cc1ccc(F)cc1. The molecule has 0 aromatic heterocycles. The van der Waals surface area contributed by atoms with E-state index in [1.54, 1.807) is 18.2 Å². The molecule has 0 saturated carbocycles. The molecule has 3 nitrogen and oxygen atoms in total. The number of ether oxygens (including phenoxy) is 1. The van der Waals surface area contributed by atoms with Crippen LogP contribution in [0.25, 0.3) is 6.08 Å². The lowest BCUT2D eigenvalue weighted by molar-refractivity contribution is -0.129. The molecule has 0 radical (unpaired) electrons. The van der Waals surface area contributed by atoms with Gasteiger partial charge in [0.15, 0.2) is 5.70 Å². The van der Waals surface area contributed by atoms with Crippen molar-refractivity contribution >= 4 is 40.5 Å². The Morgan fingerprint density at radius 2 is 1.90 bits per heavy atom. The highest BCUT2D eigenvalue weighted by atomic mass is 127. The van der Waals surface area contributed by atoms with Crippen molar-refractivity contribution in [2.75, 3.05) is 0 Å². The first-order valence-electron chi connectivity index (χ1n) is 6.16. The molecule has 2 aromatic carbocycles. The van der Waals surface area contributed by atoms with Crippen LogP contribution in [0.15, 0.2) is 59.2 Å². The Balaban J connectivity index is 1.93. The molecule has 0 atom stereocenters. The maximum atomic E-state index is 12.9. The van der Waals surface area contributed by atoms with Crippen molar-refractivity contribution in [3.05, 3.63) is 74.7 Å². The largest absolute Gasteiger partial charge is 0.402 e. The Kier molecular flexibility index (Phi) is 3.83. The van der Waals surface area contributed by atoms with Crippen molar-refractivity contribution in [2.24, 2.45) is 4.99 Å². The minimum absolute atomic E-state index is 0.204. The first-order chi connectivity index (χ1) is 10.1. The van der Waals surface area contributed by atoms with E-state index in [9.17, 15) is 9.18 Å². The molecule has 0 amide bonds. The van der Waals surface area contributed by atoms with Gasteiger partial charge in [-0.2, -0.15) is 0 Å². The predicted molar refractivity (Wildman–Crippen MR) is 86.2 cm³/mol. The molecule has 2 aromatic rings. The van der Waals surface area contributed by atoms with Gasteiger partial charge in [-0.1, -0.05) is 18.2 Å². The number of cyclic esters (lactones) is 1. The van der Waals surface area contributed by atoms with Crippen molar-refractivity contribution in [3.8, 4) is 0 Å². The molecule has 3 rings (SSSR count). The fraction of sp³-hybridized carbons (Fsp3) is 0. The van der Waals surface area contributed by atoms with Gasteiger partial charge in [-0.15, -0.1) is 0 Å². The van der Waals surface area contributed by atoms with Crippen LogP contribution in [0.2, 0.25) is 0 Å². The molecule has 5 heteroatoms. The minimum Gasteiger partial charge on any atom is -0.402 e. The van der Waals surface area contributed by atoms with Crippen LogP contribution in [0, 0.1) is 9.39 Å². The third kappa shape index (κ3) is 3.18. The number of hydrogen-bond acceptors (Lipinski definition) is 3. The molecule has 0 aliphatic carbocycles. The Morgan fingerprint density at radius 3 is 2.62 bits per heavy atom. The number of carbonyl (C=O) groups is 1. The number of nitrogens with zero attached hydrogens (tertiary/aromatic N) is 1. The fourth-order valence-electron chi connectivity index (χ4n) is 1.87. The second-order valence-electron chi connectivity index (χ2n) is 4.40. The van der Waals surface area contributed by atoms with E-state index in [-0.39, 0.29) is 17.4 Å². The molecular formula is C16H9FINO2. The number of benzene rings is 2. The van der Waals surface area contributed by atoms with Crippen LogP contribution < -0.4 is 0 Å². The van der Waals surface area contributed by atoms with Crippen LogP contribution in [0.3, 0.4) is 0 Å². The zero-order valence-corrected chi connectivity index (χ0v) is 12.9. The molecule has 21 heavy (non-hydrogen) atoms. The van der Waals surface area contributed by atoms with Crippen molar-refractivity contribution in [1.82, 2.24) is 0 Å². The molecule has 0 saturated heterocycles. The summed E-state index contributed by atoms with van der Waals surface area (Å²) in [4.78, 5) is 16.0. The molecule has 0 fully saturated rings. The summed E-state index contributed by atoms with van der Waals surface area (Å²) in [5.74, 6) is -0.547. The van der Waals surface area contributed by atoms with E-state index in [2.05, 4.69) is 27.6 Å². The van der Waals surface area contributed by atoms with Gasteiger partial charge < -0.3 is 4.74 Å². The molecule has 1 aliphatic rings. The van der Waals surface area contributed by atoms with Gasteiger partial charge in [0.1, 0.15) is 5.82 Å². The molecule has 1 aliphatic heterocycles. The van der Waals surface area contributed by atoms with Gasteiger partial charge in [-0.25, -0.2) is 14.2 Å². The van der Waals surface area contributed by atoms with E-state index in [1.807, 2.05) is 24.3 Å². The van der Waals surface area contributed by atoms with Gasteiger partial charge in [0.05, 0.1) is 0 Å². The smallest absolute Gasteiger partial charge is 0.363 e. The summed E-state index contributed by atoms with van der Waals surface area (Å²) >= 11 is 2.18. The van der Waals surface area contributed by atoms with E-state index in [0.29, 0.717) is 5.56 Å². The highest BCUT2D eigenvalue weighted by molar-refractivity contribution is 14.1. The average molecular weight is 393 g/mol. The molecule has 0 spiro atoms. The number of halogens is 2. The summed E-state index contributed by atoms with van der Waals surface area (Å²) in [7, 11) is 0. The Hall–Kier alpha value is -2.02. The van der Waals surface area contributed by atoms with Crippen molar-refractivity contribution < 1.29 is 13.9 Å². The lowest BCUT2D eigenvalue weighted by Gasteiger charge is -1.99. The second-order valence-corrected chi connectivity index (χ2v) is 5.64. The van der Waals surface area contributed by atoms with Crippen molar-refractivity contribution in [3.63, 3.8) is 0 Å². The maximum absolute atomic E-state index is 12.9. The van der Waals surface area contributed by atoms with Crippen LogP contribution in [-0.4, -0.2) is 11.9 Å². The summed E-state index contributed by atoms with van der Waals surface area (Å²) in [5.41, 5.74) is 1.64. The maximum Gasteiger partial charge on any atom is 0.363 e. The number of rotatable bonds is 2. The van der Waals surface area contributed by atoms with E-state index >= 15 is 0 Å². The Morgan fingerprint density at radius 1 is 1.14 bits per heavy atom. The van der Waals surface area contributed by atoms with Gasteiger partial charge in [0.2, 0.25) is 5.90 Å². The molecule has 104 valence electrons. The van der Waals surface area contributed by atoms with Crippen LogP contribution in [-0.2, 0) is 9.53 Å². The summed E-state index contributed by atoms with van der Waals surface area (Å²) in [6, 6.07) is 13.3. The molecular weight excluding hydrogens is 384 g/mol. The summed E-state index contributed by atoms with van der Waals surface area (Å²) in [5, 5.41) is 0. The normalized spacial score (nSPS) is 16.0. The van der Waals surface area contributed by atoms with Gasteiger partial charge in [0.25, 0.3) is 0 Å². The number of carbonyl (C=O) groups excluding carboxylic acids is 1. The van der Waals surface area contributed by atoms with Gasteiger partial charge in [-0.3, -0.25) is 0 Å². The van der Waals surface area contributed by atoms with Gasteiger partial charge >= 0.3 is 5.97 Å². The minimum atomic E-state index is -0.506. The van der Waals surface area contributed by atoms with Crippen LogP contribution >= 0.6 is 22.6 Å². The van der Waals surface area contributed by atoms with Gasteiger partial charge in [0, 0.05) is 9.13 Å². The van der Waals surface area contributed by atoms with E-state index in [0.717, 1.165) is 9.13 Å². The Labute approximate surface area is 134 Å². The monoisotopic (exact) mass is 393 g/mol. The zero-order valence-electron chi connectivity index (χ0n) is 10.7. The summed E-state index contributed by atoms with van der Waals surface area (Å²) in [6.07, 6.45) is 1.57. The first-order valence-corrected chi connectivity index (χ1v) is 7.24.